The summed E-state index contributed by atoms with van der Waals surface area (Å²) >= 11 is 3.17. The van der Waals surface area contributed by atoms with Crippen LogP contribution < -0.4 is 15.0 Å². The number of carbonyl (C=O) groups is 2. The minimum Gasteiger partial charge on any atom is -0.477 e. The van der Waals surface area contributed by atoms with Crippen LogP contribution in [0.2, 0.25) is 0 Å². The minimum atomic E-state index is -0.854. The number of fused-ring (bicyclic) bond motifs is 1. The van der Waals surface area contributed by atoms with E-state index in [9.17, 15) is 14.0 Å². The molecule has 0 aliphatic carbocycles. The number of carbonyl (C=O) groups excluding carboxylic acids is 2. The average Bonchev–Trinajstić information content (AvgIpc) is 2.59. The molecule has 3 rings (SSSR count). The van der Waals surface area contributed by atoms with Crippen molar-refractivity contribution in [2.75, 3.05) is 18.5 Å². The lowest BCUT2D eigenvalue weighted by molar-refractivity contribution is -0.127. The normalized spacial score (nSPS) is 16.1. The highest BCUT2D eigenvalue weighted by Crippen LogP contribution is 2.34. The minimum absolute atomic E-state index is 0.00498. The zero-order valence-electron chi connectivity index (χ0n) is 12.8. The van der Waals surface area contributed by atoms with E-state index in [2.05, 4.69) is 21.2 Å². The molecule has 2 aromatic carbocycles. The van der Waals surface area contributed by atoms with E-state index >= 15 is 0 Å². The highest BCUT2D eigenvalue weighted by molar-refractivity contribution is 9.10. The summed E-state index contributed by atoms with van der Waals surface area (Å²) in [4.78, 5) is 26.1. The van der Waals surface area contributed by atoms with Crippen molar-refractivity contribution in [1.29, 1.82) is 0 Å². The van der Waals surface area contributed by atoms with E-state index in [-0.39, 0.29) is 18.0 Å². The highest BCUT2D eigenvalue weighted by Gasteiger charge is 2.34. The Bertz CT molecular complexity index is 812. The first-order valence-electron chi connectivity index (χ1n) is 7.25. The van der Waals surface area contributed by atoms with Gasteiger partial charge in [0.2, 0.25) is 0 Å². The summed E-state index contributed by atoms with van der Waals surface area (Å²) in [5.74, 6) is -1.10. The van der Waals surface area contributed by atoms with E-state index in [0.717, 1.165) is 0 Å². The molecule has 0 bridgehead atoms. The van der Waals surface area contributed by atoms with Gasteiger partial charge in [0.25, 0.3) is 11.8 Å². The van der Waals surface area contributed by atoms with Crippen LogP contribution in [0.3, 0.4) is 0 Å². The molecule has 5 nitrogen and oxygen atoms in total. The molecule has 1 atom stereocenters. The number of anilines is 1. The van der Waals surface area contributed by atoms with Gasteiger partial charge >= 0.3 is 0 Å². The Morgan fingerprint density at radius 2 is 2.04 bits per heavy atom. The summed E-state index contributed by atoms with van der Waals surface area (Å²) in [6, 6.07) is 11.1. The molecule has 124 valence electrons. The van der Waals surface area contributed by atoms with Gasteiger partial charge in [-0.3, -0.25) is 9.59 Å². The fourth-order valence-electron chi connectivity index (χ4n) is 2.53. The van der Waals surface area contributed by atoms with Crippen LogP contribution in [0.15, 0.2) is 46.9 Å². The quantitative estimate of drug-likeness (QED) is 0.854. The van der Waals surface area contributed by atoms with Crippen molar-refractivity contribution in [2.45, 2.75) is 6.10 Å². The number of ether oxygens (including phenoxy) is 1. The molecule has 0 aromatic heterocycles. The van der Waals surface area contributed by atoms with Gasteiger partial charge in [-0.15, -0.1) is 0 Å². The Morgan fingerprint density at radius 3 is 2.75 bits per heavy atom. The van der Waals surface area contributed by atoms with Gasteiger partial charge in [0.15, 0.2) is 6.10 Å². The molecule has 1 aliphatic heterocycles. The molecule has 24 heavy (non-hydrogen) atoms. The van der Waals surface area contributed by atoms with Crippen LogP contribution in [0.1, 0.15) is 10.4 Å². The van der Waals surface area contributed by atoms with Gasteiger partial charge in [-0.2, -0.15) is 0 Å². The molecule has 1 heterocycles. The fourth-order valence-corrected chi connectivity index (χ4v) is 2.87. The van der Waals surface area contributed by atoms with Gasteiger partial charge in [-0.05, 0) is 30.3 Å². The van der Waals surface area contributed by atoms with Gasteiger partial charge in [-0.1, -0.05) is 28.1 Å². The Balaban J connectivity index is 2.01. The van der Waals surface area contributed by atoms with Crippen LogP contribution in [0.5, 0.6) is 5.75 Å². The second kappa shape index (κ2) is 6.60. The molecule has 0 saturated heterocycles. The molecular formula is C17H14BrFN2O3. The Hall–Kier alpha value is -2.41. The zero-order chi connectivity index (χ0) is 17.3. The third-order valence-corrected chi connectivity index (χ3v) is 4.21. The molecule has 2 aromatic rings. The van der Waals surface area contributed by atoms with Crippen molar-refractivity contribution in [1.82, 2.24) is 5.32 Å². The maximum atomic E-state index is 14.2. The smallest absolute Gasteiger partial charge is 0.262 e. The highest BCUT2D eigenvalue weighted by atomic mass is 79.9. The van der Waals surface area contributed by atoms with E-state index in [4.69, 9.17) is 4.74 Å². The first kappa shape index (κ1) is 16.4. The molecular weight excluding hydrogens is 379 g/mol. The monoisotopic (exact) mass is 392 g/mol. The number of para-hydroxylation sites is 2. The number of amides is 2. The fraction of sp³-hybridized carbons (Fsp3) is 0.176. The number of nitrogens with one attached hydrogen (secondary N) is 1. The van der Waals surface area contributed by atoms with Crippen LogP contribution in [0.4, 0.5) is 10.1 Å². The Kier molecular flexibility index (Phi) is 4.53. The summed E-state index contributed by atoms with van der Waals surface area (Å²) in [6.07, 6.45) is -0.854. The second-order valence-electron chi connectivity index (χ2n) is 5.23. The van der Waals surface area contributed by atoms with Crippen molar-refractivity contribution < 1.29 is 18.7 Å². The SMILES string of the molecule is CNC(=O)C1CN(C(=O)c2ccc(Br)cc2F)c2ccccc2O1. The van der Waals surface area contributed by atoms with Gasteiger partial charge in [0.05, 0.1) is 17.8 Å². The summed E-state index contributed by atoms with van der Waals surface area (Å²) < 4.78 is 20.4. The summed E-state index contributed by atoms with van der Waals surface area (Å²) in [7, 11) is 1.49. The topological polar surface area (TPSA) is 58.6 Å². The maximum Gasteiger partial charge on any atom is 0.262 e. The summed E-state index contributed by atoms with van der Waals surface area (Å²) in [5.41, 5.74) is 0.440. The number of hydrogen-bond acceptors (Lipinski definition) is 3. The molecule has 0 saturated carbocycles. The van der Waals surface area contributed by atoms with Gasteiger partial charge < -0.3 is 15.0 Å². The van der Waals surface area contributed by atoms with Crippen LogP contribution in [-0.2, 0) is 4.79 Å². The Morgan fingerprint density at radius 1 is 1.29 bits per heavy atom. The third-order valence-electron chi connectivity index (χ3n) is 3.72. The number of halogens is 2. The van der Waals surface area contributed by atoms with Crippen molar-refractivity contribution in [3.63, 3.8) is 0 Å². The van der Waals surface area contributed by atoms with E-state index in [0.29, 0.717) is 15.9 Å². The van der Waals surface area contributed by atoms with Crippen molar-refractivity contribution >= 4 is 33.4 Å². The molecule has 1 N–H and O–H groups in total. The van der Waals surface area contributed by atoms with Crippen molar-refractivity contribution in [3.8, 4) is 5.75 Å². The lowest BCUT2D eigenvalue weighted by atomic mass is 10.1. The molecule has 1 unspecified atom stereocenters. The van der Waals surface area contributed by atoms with E-state index in [1.165, 1.54) is 24.1 Å². The number of hydrogen-bond donors (Lipinski definition) is 1. The van der Waals surface area contributed by atoms with E-state index in [1.54, 1.807) is 30.3 Å². The first-order chi connectivity index (χ1) is 11.5. The molecule has 7 heteroatoms. The molecule has 0 radical (unpaired) electrons. The lowest BCUT2D eigenvalue weighted by Gasteiger charge is -2.34. The van der Waals surface area contributed by atoms with Crippen LogP contribution in [0.25, 0.3) is 0 Å². The largest absolute Gasteiger partial charge is 0.477 e. The molecule has 0 fully saturated rings. The van der Waals surface area contributed by atoms with Crippen molar-refractivity contribution in [2.24, 2.45) is 0 Å². The van der Waals surface area contributed by atoms with E-state index in [1.807, 2.05) is 0 Å². The average molecular weight is 393 g/mol. The third kappa shape index (κ3) is 2.99. The molecule has 0 spiro atoms. The van der Waals surface area contributed by atoms with E-state index < -0.39 is 17.8 Å². The van der Waals surface area contributed by atoms with Crippen LogP contribution >= 0.6 is 15.9 Å². The maximum absolute atomic E-state index is 14.2. The van der Waals surface area contributed by atoms with Gasteiger partial charge in [0.1, 0.15) is 11.6 Å². The van der Waals surface area contributed by atoms with Crippen molar-refractivity contribution in [3.05, 3.63) is 58.3 Å². The van der Waals surface area contributed by atoms with Crippen LogP contribution in [-0.4, -0.2) is 31.5 Å². The van der Waals surface area contributed by atoms with Gasteiger partial charge in [-0.25, -0.2) is 4.39 Å². The first-order valence-corrected chi connectivity index (χ1v) is 8.04. The number of rotatable bonds is 2. The lowest BCUT2D eigenvalue weighted by Crippen LogP contribution is -2.50. The predicted molar refractivity (Wildman–Crippen MR) is 90.7 cm³/mol. The zero-order valence-corrected chi connectivity index (χ0v) is 14.3. The van der Waals surface area contributed by atoms with Crippen LogP contribution in [0, 0.1) is 5.82 Å². The molecule has 1 aliphatic rings. The standard InChI is InChI=1S/C17H14BrFN2O3/c1-20-16(22)15-9-21(13-4-2-3-5-14(13)24-15)17(23)11-7-6-10(18)8-12(11)19/h2-8,15H,9H2,1H3,(H,20,22). The number of likely N-dealkylation sites (N-methyl/N-ethyl adjacent to an activating group) is 1. The summed E-state index contributed by atoms with van der Waals surface area (Å²) in [6.45, 7) is 0.00498. The second-order valence-corrected chi connectivity index (χ2v) is 6.14. The predicted octanol–water partition coefficient (Wildman–Crippen LogP) is 2.74. The van der Waals surface area contributed by atoms with Gasteiger partial charge in [0, 0.05) is 11.5 Å². The Labute approximate surface area is 146 Å². The number of benzene rings is 2. The summed E-state index contributed by atoms with van der Waals surface area (Å²) in [5, 5.41) is 2.50. The number of nitrogens with zero attached hydrogens (tertiary/aromatic N) is 1. The molecule has 2 amide bonds.